The van der Waals surface area contributed by atoms with E-state index in [4.69, 9.17) is 11.6 Å². The molecule has 1 aromatic heterocycles. The molecule has 8 heteroatoms. The van der Waals surface area contributed by atoms with Crippen molar-refractivity contribution in [2.45, 2.75) is 11.1 Å². The molecule has 0 amide bonds. The second-order valence-corrected chi connectivity index (χ2v) is 5.99. The SMILES string of the molecule is Fc1ccc(-c2nc(C(F)(F)F)nc(Cl)c2-c2ccc(S)cc2)cc1. The first-order chi connectivity index (χ1) is 11.8. The van der Waals surface area contributed by atoms with Crippen LogP contribution in [0.3, 0.4) is 0 Å². The van der Waals surface area contributed by atoms with Crippen molar-refractivity contribution in [3.8, 4) is 22.4 Å². The topological polar surface area (TPSA) is 25.8 Å². The van der Waals surface area contributed by atoms with E-state index in [1.165, 1.54) is 12.1 Å². The van der Waals surface area contributed by atoms with E-state index in [0.29, 0.717) is 16.0 Å². The van der Waals surface area contributed by atoms with Gasteiger partial charge in [0.2, 0.25) is 5.82 Å². The number of alkyl halides is 3. The van der Waals surface area contributed by atoms with Crippen molar-refractivity contribution < 1.29 is 17.6 Å². The third-order valence-corrected chi connectivity index (χ3v) is 3.96. The van der Waals surface area contributed by atoms with Gasteiger partial charge in [-0.2, -0.15) is 13.2 Å². The van der Waals surface area contributed by atoms with Gasteiger partial charge < -0.3 is 0 Å². The van der Waals surface area contributed by atoms with E-state index >= 15 is 0 Å². The number of benzene rings is 2. The average Bonchev–Trinajstić information content (AvgIpc) is 2.55. The number of halogens is 5. The van der Waals surface area contributed by atoms with Crippen molar-refractivity contribution >= 4 is 24.2 Å². The molecule has 0 aliphatic carbocycles. The molecule has 128 valence electrons. The van der Waals surface area contributed by atoms with Gasteiger partial charge in [0.25, 0.3) is 0 Å². The van der Waals surface area contributed by atoms with Crippen LogP contribution in [0.5, 0.6) is 0 Å². The van der Waals surface area contributed by atoms with Gasteiger partial charge in [-0.25, -0.2) is 14.4 Å². The fourth-order valence-electron chi connectivity index (χ4n) is 2.26. The Morgan fingerprint density at radius 2 is 1.40 bits per heavy atom. The van der Waals surface area contributed by atoms with E-state index < -0.39 is 17.8 Å². The number of nitrogens with zero attached hydrogens (tertiary/aromatic N) is 2. The zero-order valence-electron chi connectivity index (χ0n) is 12.4. The Hall–Kier alpha value is -2.12. The second kappa shape index (κ2) is 6.65. The molecule has 3 rings (SSSR count). The van der Waals surface area contributed by atoms with Crippen LogP contribution in [0.1, 0.15) is 5.82 Å². The maximum absolute atomic E-state index is 13.2. The van der Waals surface area contributed by atoms with Gasteiger partial charge in [0, 0.05) is 16.0 Å². The Bertz CT molecular complexity index is 910. The minimum absolute atomic E-state index is 0.0285. The molecule has 2 aromatic carbocycles. The molecule has 0 fully saturated rings. The molecule has 0 saturated heterocycles. The molecule has 2 nitrogen and oxygen atoms in total. The quantitative estimate of drug-likeness (QED) is 0.337. The molecular formula is C17H9ClF4N2S. The zero-order chi connectivity index (χ0) is 18.2. The van der Waals surface area contributed by atoms with Gasteiger partial charge in [-0.3, -0.25) is 0 Å². The summed E-state index contributed by atoms with van der Waals surface area (Å²) in [6.45, 7) is 0. The first-order valence-electron chi connectivity index (χ1n) is 6.96. The molecule has 1 heterocycles. The molecule has 0 N–H and O–H groups in total. The summed E-state index contributed by atoms with van der Waals surface area (Å²) < 4.78 is 52.4. The van der Waals surface area contributed by atoms with Crippen LogP contribution in [-0.2, 0) is 6.18 Å². The molecule has 0 aliphatic heterocycles. The number of aromatic nitrogens is 2. The van der Waals surface area contributed by atoms with Crippen LogP contribution in [0.4, 0.5) is 17.6 Å². The lowest BCUT2D eigenvalue weighted by atomic mass is 10.0. The molecule has 25 heavy (non-hydrogen) atoms. The van der Waals surface area contributed by atoms with Crippen LogP contribution < -0.4 is 0 Å². The standard InChI is InChI=1S/C17H9ClF4N2S/c18-15-13(9-3-7-12(25)8-4-9)14(10-1-5-11(19)6-2-10)23-16(24-15)17(20,21)22/h1-8,25H. The number of thiol groups is 1. The van der Waals surface area contributed by atoms with Crippen LogP contribution in [0.25, 0.3) is 22.4 Å². The Morgan fingerprint density at radius 3 is 1.96 bits per heavy atom. The average molecular weight is 385 g/mol. The summed E-state index contributed by atoms with van der Waals surface area (Å²) in [5.41, 5.74) is 1.02. The summed E-state index contributed by atoms with van der Waals surface area (Å²) in [6, 6.07) is 11.6. The molecule has 0 atom stereocenters. The number of rotatable bonds is 2. The predicted octanol–water partition coefficient (Wildman–Crippen LogP) is 5.91. The van der Waals surface area contributed by atoms with Crippen LogP contribution in [-0.4, -0.2) is 9.97 Å². The minimum atomic E-state index is -4.76. The third kappa shape index (κ3) is 3.77. The number of hydrogen-bond donors (Lipinski definition) is 1. The molecular weight excluding hydrogens is 376 g/mol. The van der Waals surface area contributed by atoms with Crippen LogP contribution >= 0.6 is 24.2 Å². The molecule has 0 spiro atoms. The van der Waals surface area contributed by atoms with Crippen molar-refractivity contribution in [1.29, 1.82) is 0 Å². The lowest BCUT2D eigenvalue weighted by Crippen LogP contribution is -2.12. The van der Waals surface area contributed by atoms with Crippen LogP contribution in [0, 0.1) is 5.82 Å². The minimum Gasteiger partial charge on any atom is -0.224 e. The first kappa shape index (κ1) is 17.7. The fourth-order valence-corrected chi connectivity index (χ4v) is 2.69. The van der Waals surface area contributed by atoms with Crippen LogP contribution in [0.15, 0.2) is 53.4 Å². The Labute approximate surface area is 150 Å². The van der Waals surface area contributed by atoms with Gasteiger partial charge >= 0.3 is 6.18 Å². The monoisotopic (exact) mass is 384 g/mol. The maximum atomic E-state index is 13.2. The fraction of sp³-hybridized carbons (Fsp3) is 0.0588. The normalized spacial score (nSPS) is 11.6. The van der Waals surface area contributed by atoms with E-state index in [0.717, 1.165) is 12.1 Å². The van der Waals surface area contributed by atoms with Crippen molar-refractivity contribution in [1.82, 2.24) is 9.97 Å². The van der Waals surface area contributed by atoms with Crippen LogP contribution in [0.2, 0.25) is 5.15 Å². The Balaban J connectivity index is 2.29. The third-order valence-electron chi connectivity index (χ3n) is 3.39. The number of hydrogen-bond acceptors (Lipinski definition) is 3. The van der Waals surface area contributed by atoms with E-state index in [9.17, 15) is 17.6 Å². The van der Waals surface area contributed by atoms with E-state index in [2.05, 4.69) is 22.6 Å². The van der Waals surface area contributed by atoms with Gasteiger partial charge in [0.15, 0.2) is 0 Å². The van der Waals surface area contributed by atoms with Crippen molar-refractivity contribution in [3.05, 3.63) is 65.3 Å². The summed E-state index contributed by atoms with van der Waals surface area (Å²) in [5.74, 6) is -1.87. The highest BCUT2D eigenvalue weighted by Crippen LogP contribution is 2.38. The summed E-state index contributed by atoms with van der Waals surface area (Å²) in [6.07, 6.45) is -4.76. The van der Waals surface area contributed by atoms with Crippen molar-refractivity contribution in [3.63, 3.8) is 0 Å². The molecule has 3 aromatic rings. The maximum Gasteiger partial charge on any atom is 0.451 e. The second-order valence-electron chi connectivity index (χ2n) is 5.11. The van der Waals surface area contributed by atoms with Gasteiger partial charge in [-0.15, -0.1) is 12.6 Å². The summed E-state index contributed by atoms with van der Waals surface area (Å²) in [7, 11) is 0. The van der Waals surface area contributed by atoms with E-state index in [-0.39, 0.29) is 16.4 Å². The molecule has 0 saturated carbocycles. The van der Waals surface area contributed by atoms with Crippen molar-refractivity contribution in [2.75, 3.05) is 0 Å². The van der Waals surface area contributed by atoms with E-state index in [1.807, 2.05) is 0 Å². The summed E-state index contributed by atoms with van der Waals surface area (Å²) in [4.78, 5) is 7.70. The molecule has 0 radical (unpaired) electrons. The highest BCUT2D eigenvalue weighted by molar-refractivity contribution is 7.80. The summed E-state index contributed by atoms with van der Waals surface area (Å²) in [5, 5.41) is -0.339. The van der Waals surface area contributed by atoms with Gasteiger partial charge in [0.1, 0.15) is 11.0 Å². The van der Waals surface area contributed by atoms with E-state index in [1.54, 1.807) is 24.3 Å². The zero-order valence-corrected chi connectivity index (χ0v) is 14.0. The van der Waals surface area contributed by atoms with Gasteiger partial charge in [0.05, 0.1) is 5.69 Å². The van der Waals surface area contributed by atoms with Gasteiger partial charge in [-0.1, -0.05) is 23.7 Å². The summed E-state index contributed by atoms with van der Waals surface area (Å²) >= 11 is 10.2. The van der Waals surface area contributed by atoms with Crippen molar-refractivity contribution in [2.24, 2.45) is 0 Å². The molecule has 0 aliphatic rings. The first-order valence-corrected chi connectivity index (χ1v) is 7.78. The largest absolute Gasteiger partial charge is 0.451 e. The molecule has 0 unspecified atom stereocenters. The predicted molar refractivity (Wildman–Crippen MR) is 90.1 cm³/mol. The smallest absolute Gasteiger partial charge is 0.224 e. The molecule has 0 bridgehead atoms. The lowest BCUT2D eigenvalue weighted by Gasteiger charge is -2.14. The van der Waals surface area contributed by atoms with Gasteiger partial charge in [-0.05, 0) is 42.0 Å². The Kier molecular flexibility index (Phi) is 4.71. The highest BCUT2D eigenvalue weighted by Gasteiger charge is 2.36. The lowest BCUT2D eigenvalue weighted by molar-refractivity contribution is -0.144. The Morgan fingerprint density at radius 1 is 0.840 bits per heavy atom. The highest BCUT2D eigenvalue weighted by atomic mass is 35.5.